The Morgan fingerprint density at radius 2 is 1.81 bits per heavy atom. The van der Waals surface area contributed by atoms with Crippen LogP contribution in [0.15, 0.2) is 70.9 Å². The van der Waals surface area contributed by atoms with Gasteiger partial charge in [0, 0.05) is 45.7 Å². The highest BCUT2D eigenvalue weighted by molar-refractivity contribution is 7.91. The van der Waals surface area contributed by atoms with E-state index in [-0.39, 0.29) is 22.6 Å². The Hall–Kier alpha value is -2.69. The van der Waals surface area contributed by atoms with E-state index in [1.807, 2.05) is 18.2 Å². The number of sulfonamides is 1. The van der Waals surface area contributed by atoms with Crippen LogP contribution in [0.1, 0.15) is 39.7 Å². The van der Waals surface area contributed by atoms with Crippen LogP contribution in [0, 0.1) is 0 Å². The van der Waals surface area contributed by atoms with Crippen LogP contribution >= 0.6 is 34.5 Å². The zero-order valence-corrected chi connectivity index (χ0v) is 22.8. The smallest absolute Gasteiger partial charge is 0.252 e. The largest absolute Gasteiger partial charge is 0.347 e. The lowest BCUT2D eigenvalue weighted by molar-refractivity contribution is 0.0951. The Bertz CT molecular complexity index is 1510. The predicted octanol–water partition coefficient (Wildman–Crippen LogP) is 5.94. The summed E-state index contributed by atoms with van der Waals surface area (Å²) in [6.45, 7) is 1.11. The SMILES string of the molecule is O=C(NCc1ccc(S(=O)(=O)N2CCC(c3cc(-c4ccc(Cl)cc4Cl)n[nH]3)CC2)s1)c1ccccc1. The van der Waals surface area contributed by atoms with Gasteiger partial charge in [-0.05, 0) is 61.4 Å². The van der Waals surface area contributed by atoms with Gasteiger partial charge in [-0.3, -0.25) is 9.89 Å². The summed E-state index contributed by atoms with van der Waals surface area (Å²) in [7, 11) is -3.60. The lowest BCUT2D eigenvalue weighted by atomic mass is 9.94. The minimum atomic E-state index is -3.60. The number of hydrogen-bond donors (Lipinski definition) is 2. The van der Waals surface area contributed by atoms with Crippen molar-refractivity contribution in [3.05, 3.63) is 92.9 Å². The Labute approximate surface area is 229 Å². The highest BCUT2D eigenvalue weighted by Gasteiger charge is 2.31. The second-order valence-corrected chi connectivity index (χ2v) is 13.0. The molecule has 4 aromatic rings. The quantitative estimate of drug-likeness (QED) is 0.285. The summed E-state index contributed by atoms with van der Waals surface area (Å²) >= 11 is 13.5. The first-order valence-corrected chi connectivity index (χ1v) is 14.8. The summed E-state index contributed by atoms with van der Waals surface area (Å²) in [6.07, 6.45) is 1.36. The first-order valence-electron chi connectivity index (χ1n) is 11.7. The summed E-state index contributed by atoms with van der Waals surface area (Å²) < 4.78 is 28.3. The fourth-order valence-electron chi connectivity index (χ4n) is 4.37. The maximum atomic E-state index is 13.3. The van der Waals surface area contributed by atoms with Crippen LogP contribution in [0.2, 0.25) is 10.0 Å². The molecule has 37 heavy (non-hydrogen) atoms. The zero-order valence-electron chi connectivity index (χ0n) is 19.7. The number of carbonyl (C=O) groups excluding carboxylic acids is 1. The molecule has 1 amide bonds. The third kappa shape index (κ3) is 5.76. The minimum Gasteiger partial charge on any atom is -0.347 e. The number of rotatable bonds is 7. The molecular formula is C26H24Cl2N4O3S2. The number of nitrogens with zero attached hydrogens (tertiary/aromatic N) is 2. The normalized spacial score (nSPS) is 15.1. The number of thiophene rings is 1. The molecule has 2 aromatic carbocycles. The molecule has 0 atom stereocenters. The van der Waals surface area contributed by atoms with E-state index in [9.17, 15) is 13.2 Å². The van der Waals surface area contributed by atoms with Gasteiger partial charge in [0.2, 0.25) is 0 Å². The molecule has 192 valence electrons. The molecule has 2 aromatic heterocycles. The van der Waals surface area contributed by atoms with Gasteiger partial charge >= 0.3 is 0 Å². The first kappa shape index (κ1) is 25.9. The van der Waals surface area contributed by atoms with Gasteiger partial charge in [-0.2, -0.15) is 9.40 Å². The maximum Gasteiger partial charge on any atom is 0.252 e. The van der Waals surface area contributed by atoms with Crippen LogP contribution in [0.25, 0.3) is 11.3 Å². The molecule has 0 aliphatic carbocycles. The van der Waals surface area contributed by atoms with Crippen molar-refractivity contribution in [2.75, 3.05) is 13.1 Å². The number of carbonyl (C=O) groups is 1. The van der Waals surface area contributed by atoms with E-state index in [1.165, 1.54) is 15.6 Å². The Morgan fingerprint density at radius 1 is 1.05 bits per heavy atom. The monoisotopic (exact) mass is 574 g/mol. The van der Waals surface area contributed by atoms with Crippen LogP contribution in [-0.2, 0) is 16.6 Å². The molecule has 0 saturated carbocycles. The third-order valence-electron chi connectivity index (χ3n) is 6.39. The van der Waals surface area contributed by atoms with Gasteiger partial charge < -0.3 is 5.32 Å². The molecular weight excluding hydrogens is 551 g/mol. The highest BCUT2D eigenvalue weighted by Crippen LogP contribution is 2.35. The van der Waals surface area contributed by atoms with E-state index < -0.39 is 10.0 Å². The molecule has 2 N–H and O–H groups in total. The zero-order chi connectivity index (χ0) is 26.0. The number of amides is 1. The van der Waals surface area contributed by atoms with Crippen molar-refractivity contribution < 1.29 is 13.2 Å². The Balaban J connectivity index is 1.19. The molecule has 1 fully saturated rings. The molecule has 1 aliphatic rings. The standard InChI is InChI=1S/C26H24Cl2N4O3S2/c27-19-6-8-21(22(28)14-19)24-15-23(30-31-24)17-10-12-32(13-11-17)37(34,35)25-9-7-20(36-25)16-29-26(33)18-4-2-1-3-5-18/h1-9,14-15,17H,10-13,16H2,(H,29,33)(H,30,31). The fourth-order valence-corrected chi connectivity index (χ4v) is 7.79. The molecule has 7 nitrogen and oxygen atoms in total. The van der Waals surface area contributed by atoms with Crippen LogP contribution in [0.3, 0.4) is 0 Å². The topological polar surface area (TPSA) is 95.2 Å². The van der Waals surface area contributed by atoms with Crippen LogP contribution in [0.4, 0.5) is 0 Å². The molecule has 3 heterocycles. The van der Waals surface area contributed by atoms with Crippen LogP contribution in [-0.4, -0.2) is 41.9 Å². The summed E-state index contributed by atoms with van der Waals surface area (Å²) in [5.74, 6) is -0.0216. The number of hydrogen-bond acceptors (Lipinski definition) is 5. The van der Waals surface area contributed by atoms with E-state index >= 15 is 0 Å². The van der Waals surface area contributed by atoms with Gasteiger partial charge in [-0.1, -0.05) is 41.4 Å². The van der Waals surface area contributed by atoms with Crippen molar-refractivity contribution >= 4 is 50.5 Å². The van der Waals surface area contributed by atoms with Gasteiger partial charge in [0.05, 0.1) is 17.3 Å². The average Bonchev–Trinajstić information content (AvgIpc) is 3.59. The van der Waals surface area contributed by atoms with Crippen molar-refractivity contribution in [2.24, 2.45) is 0 Å². The molecule has 1 aliphatic heterocycles. The van der Waals surface area contributed by atoms with Gasteiger partial charge in [0.25, 0.3) is 15.9 Å². The average molecular weight is 576 g/mol. The molecule has 5 rings (SSSR count). The highest BCUT2D eigenvalue weighted by atomic mass is 35.5. The maximum absolute atomic E-state index is 13.3. The Kier molecular flexibility index (Phi) is 7.69. The van der Waals surface area contributed by atoms with Crippen molar-refractivity contribution in [1.29, 1.82) is 0 Å². The van der Waals surface area contributed by atoms with E-state index in [0.717, 1.165) is 21.8 Å². The summed E-state index contributed by atoms with van der Waals surface area (Å²) in [6, 6.07) is 19.6. The number of aromatic nitrogens is 2. The number of benzene rings is 2. The van der Waals surface area contributed by atoms with E-state index in [2.05, 4.69) is 15.5 Å². The first-order chi connectivity index (χ1) is 17.8. The number of nitrogens with one attached hydrogen (secondary N) is 2. The molecule has 0 radical (unpaired) electrons. The molecule has 0 spiro atoms. The second kappa shape index (κ2) is 11.0. The summed E-state index contributed by atoms with van der Waals surface area (Å²) in [4.78, 5) is 13.1. The van der Waals surface area contributed by atoms with E-state index in [0.29, 0.717) is 41.5 Å². The lowest BCUT2D eigenvalue weighted by Gasteiger charge is -2.30. The Morgan fingerprint density at radius 3 is 2.54 bits per heavy atom. The van der Waals surface area contributed by atoms with Crippen molar-refractivity contribution in [3.8, 4) is 11.3 Å². The van der Waals surface area contributed by atoms with E-state index in [1.54, 1.807) is 48.5 Å². The summed E-state index contributed by atoms with van der Waals surface area (Å²) in [5.41, 5.74) is 3.06. The lowest BCUT2D eigenvalue weighted by Crippen LogP contribution is -2.37. The number of H-pyrrole nitrogens is 1. The predicted molar refractivity (Wildman–Crippen MR) is 147 cm³/mol. The molecule has 0 unspecified atom stereocenters. The van der Waals surface area contributed by atoms with Crippen molar-refractivity contribution in [3.63, 3.8) is 0 Å². The van der Waals surface area contributed by atoms with Crippen molar-refractivity contribution in [1.82, 2.24) is 19.8 Å². The number of halogens is 2. The van der Waals surface area contributed by atoms with Gasteiger partial charge in [-0.25, -0.2) is 8.42 Å². The number of piperidine rings is 1. The van der Waals surface area contributed by atoms with E-state index in [4.69, 9.17) is 23.2 Å². The van der Waals surface area contributed by atoms with Gasteiger partial charge in [0.15, 0.2) is 0 Å². The molecule has 1 saturated heterocycles. The second-order valence-electron chi connectivity index (χ2n) is 8.78. The van der Waals surface area contributed by atoms with Crippen LogP contribution in [0.5, 0.6) is 0 Å². The summed E-state index contributed by atoms with van der Waals surface area (Å²) in [5, 5.41) is 11.4. The minimum absolute atomic E-state index is 0.172. The van der Waals surface area contributed by atoms with Gasteiger partial charge in [-0.15, -0.1) is 11.3 Å². The third-order valence-corrected chi connectivity index (χ3v) is 10.4. The van der Waals surface area contributed by atoms with Crippen LogP contribution < -0.4 is 5.32 Å². The fraction of sp³-hybridized carbons (Fsp3) is 0.231. The van der Waals surface area contributed by atoms with Gasteiger partial charge in [0.1, 0.15) is 4.21 Å². The molecule has 0 bridgehead atoms. The van der Waals surface area contributed by atoms with Crippen molar-refractivity contribution in [2.45, 2.75) is 29.5 Å². The number of aromatic amines is 1. The molecule has 11 heteroatoms.